The SMILES string of the molecule is CCn1cc(CN2CCC(Nc3cccc(F)c3)(C(=O)NC)C2)cn1. The van der Waals surface area contributed by atoms with E-state index in [0.717, 1.165) is 25.2 Å². The molecule has 6 nitrogen and oxygen atoms in total. The smallest absolute Gasteiger partial charge is 0.246 e. The number of amides is 1. The van der Waals surface area contributed by atoms with Crippen LogP contribution in [0.3, 0.4) is 0 Å². The maximum atomic E-state index is 13.5. The van der Waals surface area contributed by atoms with E-state index in [2.05, 4.69) is 20.6 Å². The molecule has 3 rings (SSSR count). The van der Waals surface area contributed by atoms with E-state index in [9.17, 15) is 9.18 Å². The molecule has 1 saturated heterocycles. The summed E-state index contributed by atoms with van der Waals surface area (Å²) in [5.41, 5.74) is 0.980. The van der Waals surface area contributed by atoms with Crippen molar-refractivity contribution in [1.29, 1.82) is 0 Å². The van der Waals surface area contributed by atoms with Crippen LogP contribution >= 0.6 is 0 Å². The number of hydrogen-bond donors (Lipinski definition) is 2. The molecule has 0 bridgehead atoms. The van der Waals surface area contributed by atoms with E-state index in [0.29, 0.717) is 18.7 Å². The number of likely N-dealkylation sites (N-methyl/N-ethyl adjacent to an activating group) is 1. The molecule has 1 aliphatic rings. The standard InChI is InChI=1S/C18H24FN5O/c1-3-24-12-14(10-21-24)11-23-8-7-18(13-23,17(25)20-2)22-16-6-4-5-15(19)9-16/h4-6,9-10,12,22H,3,7-8,11,13H2,1-2H3,(H,20,25). The summed E-state index contributed by atoms with van der Waals surface area (Å²) in [4.78, 5) is 14.8. The van der Waals surface area contributed by atoms with Crippen LogP contribution in [-0.4, -0.2) is 46.3 Å². The predicted molar refractivity (Wildman–Crippen MR) is 94.6 cm³/mol. The van der Waals surface area contributed by atoms with Crippen LogP contribution in [-0.2, 0) is 17.9 Å². The van der Waals surface area contributed by atoms with Crippen molar-refractivity contribution in [1.82, 2.24) is 20.0 Å². The van der Waals surface area contributed by atoms with Gasteiger partial charge in [-0.25, -0.2) is 4.39 Å². The van der Waals surface area contributed by atoms with Crippen LogP contribution in [0.1, 0.15) is 18.9 Å². The van der Waals surface area contributed by atoms with Gasteiger partial charge in [-0.05, 0) is 31.5 Å². The Bertz CT molecular complexity index is 747. The van der Waals surface area contributed by atoms with E-state index in [-0.39, 0.29) is 11.7 Å². The van der Waals surface area contributed by atoms with Gasteiger partial charge in [0.15, 0.2) is 0 Å². The zero-order valence-electron chi connectivity index (χ0n) is 14.6. The number of anilines is 1. The molecule has 134 valence electrons. The monoisotopic (exact) mass is 345 g/mol. The van der Waals surface area contributed by atoms with Crippen molar-refractivity contribution >= 4 is 11.6 Å². The highest BCUT2D eigenvalue weighted by Gasteiger charge is 2.44. The molecule has 1 unspecified atom stereocenters. The number of hydrogen-bond acceptors (Lipinski definition) is 4. The average Bonchev–Trinajstić information content (AvgIpc) is 3.22. The number of likely N-dealkylation sites (tertiary alicyclic amines) is 1. The molecule has 2 aromatic rings. The Morgan fingerprint density at radius 1 is 1.44 bits per heavy atom. The van der Waals surface area contributed by atoms with Crippen LogP contribution in [0.15, 0.2) is 36.7 Å². The van der Waals surface area contributed by atoms with Crippen molar-refractivity contribution in [2.24, 2.45) is 0 Å². The summed E-state index contributed by atoms with van der Waals surface area (Å²) in [7, 11) is 1.63. The fourth-order valence-corrected chi connectivity index (χ4v) is 3.37. The van der Waals surface area contributed by atoms with Gasteiger partial charge in [0.1, 0.15) is 11.4 Å². The molecule has 1 aromatic carbocycles. The Labute approximate surface area is 147 Å². The van der Waals surface area contributed by atoms with E-state index in [1.54, 1.807) is 19.2 Å². The Morgan fingerprint density at radius 3 is 2.96 bits per heavy atom. The lowest BCUT2D eigenvalue weighted by Gasteiger charge is -2.30. The molecule has 2 heterocycles. The van der Waals surface area contributed by atoms with Crippen LogP contribution in [0.2, 0.25) is 0 Å². The molecule has 25 heavy (non-hydrogen) atoms. The minimum absolute atomic E-state index is 0.0801. The number of nitrogens with one attached hydrogen (secondary N) is 2. The van der Waals surface area contributed by atoms with Gasteiger partial charge in [-0.3, -0.25) is 14.4 Å². The molecular formula is C18H24FN5O. The highest BCUT2D eigenvalue weighted by atomic mass is 19.1. The molecule has 1 amide bonds. The summed E-state index contributed by atoms with van der Waals surface area (Å²) in [6.07, 6.45) is 4.55. The highest BCUT2D eigenvalue weighted by molar-refractivity contribution is 5.90. The zero-order valence-corrected chi connectivity index (χ0v) is 14.6. The topological polar surface area (TPSA) is 62.2 Å². The number of rotatable bonds is 6. The van der Waals surface area contributed by atoms with Gasteiger partial charge in [0.25, 0.3) is 0 Å². The van der Waals surface area contributed by atoms with Gasteiger partial charge in [0, 0.05) is 50.7 Å². The van der Waals surface area contributed by atoms with E-state index in [1.807, 2.05) is 24.0 Å². The van der Waals surface area contributed by atoms with Gasteiger partial charge >= 0.3 is 0 Å². The summed E-state index contributed by atoms with van der Waals surface area (Å²) in [6, 6.07) is 6.23. The van der Waals surface area contributed by atoms with Crippen molar-refractivity contribution in [2.75, 3.05) is 25.5 Å². The third kappa shape index (κ3) is 3.82. The minimum atomic E-state index is -0.761. The van der Waals surface area contributed by atoms with E-state index >= 15 is 0 Å². The summed E-state index contributed by atoms with van der Waals surface area (Å²) in [6.45, 7) is 4.96. The first-order valence-corrected chi connectivity index (χ1v) is 8.54. The molecule has 0 aliphatic carbocycles. The number of nitrogens with zero attached hydrogens (tertiary/aromatic N) is 3. The number of carbonyl (C=O) groups is 1. The normalized spacial score (nSPS) is 20.6. The average molecular weight is 345 g/mol. The Balaban J connectivity index is 1.74. The lowest BCUT2D eigenvalue weighted by atomic mass is 9.96. The van der Waals surface area contributed by atoms with Crippen molar-refractivity contribution < 1.29 is 9.18 Å². The number of aromatic nitrogens is 2. The Kier molecular flexibility index (Phi) is 5.03. The fourth-order valence-electron chi connectivity index (χ4n) is 3.37. The quantitative estimate of drug-likeness (QED) is 0.839. The number of halogens is 1. The summed E-state index contributed by atoms with van der Waals surface area (Å²) in [5.74, 6) is -0.401. The van der Waals surface area contributed by atoms with Crippen molar-refractivity contribution in [3.8, 4) is 0 Å². The lowest BCUT2D eigenvalue weighted by Crippen LogP contribution is -2.53. The molecule has 1 fully saturated rings. The summed E-state index contributed by atoms with van der Waals surface area (Å²) < 4.78 is 15.4. The van der Waals surface area contributed by atoms with Crippen molar-refractivity contribution in [2.45, 2.75) is 32.0 Å². The largest absolute Gasteiger partial charge is 0.370 e. The van der Waals surface area contributed by atoms with Crippen LogP contribution in [0.25, 0.3) is 0 Å². The number of aryl methyl sites for hydroxylation is 1. The van der Waals surface area contributed by atoms with Gasteiger partial charge in [-0.15, -0.1) is 0 Å². The molecule has 2 N–H and O–H groups in total. The first kappa shape index (κ1) is 17.4. The first-order valence-electron chi connectivity index (χ1n) is 8.54. The zero-order chi connectivity index (χ0) is 17.9. The molecule has 0 spiro atoms. The van der Waals surface area contributed by atoms with Crippen molar-refractivity contribution in [3.63, 3.8) is 0 Å². The minimum Gasteiger partial charge on any atom is -0.370 e. The first-order chi connectivity index (χ1) is 12.0. The Hall–Kier alpha value is -2.41. The Morgan fingerprint density at radius 2 is 2.28 bits per heavy atom. The van der Waals surface area contributed by atoms with Gasteiger partial charge < -0.3 is 10.6 Å². The number of benzene rings is 1. The third-order valence-electron chi connectivity index (χ3n) is 4.64. The van der Waals surface area contributed by atoms with Crippen LogP contribution in [0.4, 0.5) is 10.1 Å². The molecule has 0 saturated carbocycles. The maximum Gasteiger partial charge on any atom is 0.246 e. The summed E-state index contributed by atoms with van der Waals surface area (Å²) in [5, 5.41) is 10.3. The predicted octanol–water partition coefficient (Wildman–Crippen LogP) is 1.84. The molecule has 1 aromatic heterocycles. The fraction of sp³-hybridized carbons (Fsp3) is 0.444. The summed E-state index contributed by atoms with van der Waals surface area (Å²) >= 11 is 0. The van der Waals surface area contributed by atoms with Gasteiger partial charge in [-0.1, -0.05) is 6.07 Å². The third-order valence-corrected chi connectivity index (χ3v) is 4.64. The van der Waals surface area contributed by atoms with Crippen LogP contribution < -0.4 is 10.6 Å². The molecular weight excluding hydrogens is 321 g/mol. The van der Waals surface area contributed by atoms with E-state index in [1.165, 1.54) is 12.1 Å². The lowest BCUT2D eigenvalue weighted by molar-refractivity contribution is -0.124. The second-order valence-corrected chi connectivity index (χ2v) is 6.46. The highest BCUT2D eigenvalue weighted by Crippen LogP contribution is 2.28. The van der Waals surface area contributed by atoms with Gasteiger partial charge in [0.2, 0.25) is 5.91 Å². The van der Waals surface area contributed by atoms with Crippen molar-refractivity contribution in [3.05, 3.63) is 48.0 Å². The second kappa shape index (κ2) is 7.23. The van der Waals surface area contributed by atoms with E-state index < -0.39 is 5.54 Å². The molecule has 0 radical (unpaired) electrons. The van der Waals surface area contributed by atoms with E-state index in [4.69, 9.17) is 0 Å². The molecule has 1 atom stereocenters. The second-order valence-electron chi connectivity index (χ2n) is 6.46. The van der Waals surface area contributed by atoms with Crippen LogP contribution in [0.5, 0.6) is 0 Å². The molecule has 1 aliphatic heterocycles. The van der Waals surface area contributed by atoms with Gasteiger partial charge in [-0.2, -0.15) is 5.10 Å². The molecule has 7 heteroatoms. The maximum absolute atomic E-state index is 13.5. The number of carbonyl (C=O) groups excluding carboxylic acids is 1. The van der Waals surface area contributed by atoms with Gasteiger partial charge in [0.05, 0.1) is 6.20 Å². The van der Waals surface area contributed by atoms with Crippen LogP contribution in [0, 0.1) is 5.82 Å².